The minimum Gasteiger partial charge on any atom is -0.481 e. The molecule has 0 spiro atoms. The summed E-state index contributed by atoms with van der Waals surface area (Å²) in [5, 5.41) is 13.0. The van der Waals surface area contributed by atoms with Gasteiger partial charge in [0.05, 0.1) is 19.0 Å². The maximum Gasteiger partial charge on any atom is 0.303 e. The summed E-state index contributed by atoms with van der Waals surface area (Å²) in [6.45, 7) is 2.00. The van der Waals surface area contributed by atoms with Crippen molar-refractivity contribution in [3.8, 4) is 11.6 Å². The number of carbonyl (C=O) groups is 1. The topological polar surface area (TPSA) is 64.3 Å². The van der Waals surface area contributed by atoms with Crippen LogP contribution < -0.4 is 4.74 Å². The summed E-state index contributed by atoms with van der Waals surface area (Å²) in [5.74, 6) is -0.239. The zero-order chi connectivity index (χ0) is 13.8. The summed E-state index contributed by atoms with van der Waals surface area (Å²) >= 11 is 0. The summed E-state index contributed by atoms with van der Waals surface area (Å²) in [5.41, 5.74) is 2.83. The Hall–Kier alpha value is -2.30. The van der Waals surface area contributed by atoms with Crippen LogP contribution in [0, 0.1) is 6.92 Å². The molecular weight excluding hydrogens is 244 g/mol. The van der Waals surface area contributed by atoms with Gasteiger partial charge in [0.15, 0.2) is 0 Å². The molecular formula is C14H16N2O3. The first-order chi connectivity index (χ1) is 9.11. The van der Waals surface area contributed by atoms with Gasteiger partial charge < -0.3 is 9.84 Å². The molecule has 19 heavy (non-hydrogen) atoms. The molecule has 0 saturated carbocycles. The van der Waals surface area contributed by atoms with Crippen LogP contribution in [-0.2, 0) is 11.2 Å². The van der Waals surface area contributed by atoms with Crippen LogP contribution in [0.4, 0.5) is 0 Å². The maximum absolute atomic E-state index is 10.6. The van der Waals surface area contributed by atoms with Crippen LogP contribution in [-0.4, -0.2) is 28.0 Å². The molecule has 5 heteroatoms. The number of carboxylic acids is 1. The second kappa shape index (κ2) is 5.56. The summed E-state index contributed by atoms with van der Waals surface area (Å²) in [6, 6.07) is 7.88. The van der Waals surface area contributed by atoms with Gasteiger partial charge in [0.2, 0.25) is 5.88 Å². The monoisotopic (exact) mass is 260 g/mol. The largest absolute Gasteiger partial charge is 0.481 e. The molecule has 0 saturated heterocycles. The van der Waals surface area contributed by atoms with E-state index < -0.39 is 5.97 Å². The molecule has 0 fully saturated rings. The quantitative estimate of drug-likeness (QED) is 0.895. The average Bonchev–Trinajstić information content (AvgIpc) is 2.79. The summed E-state index contributed by atoms with van der Waals surface area (Å²) in [7, 11) is 1.56. The molecule has 0 aliphatic heterocycles. The van der Waals surface area contributed by atoms with Crippen molar-refractivity contribution in [2.75, 3.05) is 7.11 Å². The zero-order valence-electron chi connectivity index (χ0n) is 11.0. The molecule has 2 rings (SSSR count). The number of nitrogens with zero attached hydrogens (tertiary/aromatic N) is 2. The first kappa shape index (κ1) is 13.1. The van der Waals surface area contributed by atoms with E-state index in [0.29, 0.717) is 12.3 Å². The van der Waals surface area contributed by atoms with Crippen molar-refractivity contribution in [2.45, 2.75) is 19.8 Å². The Bertz CT molecular complexity index is 590. The van der Waals surface area contributed by atoms with Crippen LogP contribution in [0.3, 0.4) is 0 Å². The van der Waals surface area contributed by atoms with Gasteiger partial charge in [-0.05, 0) is 31.0 Å². The second-order valence-corrected chi connectivity index (χ2v) is 4.32. The van der Waals surface area contributed by atoms with Gasteiger partial charge in [-0.15, -0.1) is 0 Å². The van der Waals surface area contributed by atoms with Gasteiger partial charge in [-0.3, -0.25) is 4.79 Å². The Morgan fingerprint density at radius 3 is 2.89 bits per heavy atom. The number of ether oxygens (including phenoxy) is 1. The smallest absolute Gasteiger partial charge is 0.303 e. The van der Waals surface area contributed by atoms with Gasteiger partial charge in [0.25, 0.3) is 0 Å². The Balaban J connectivity index is 2.34. The number of rotatable bonds is 5. The lowest BCUT2D eigenvalue weighted by Crippen LogP contribution is -2.02. The Morgan fingerprint density at radius 1 is 1.47 bits per heavy atom. The van der Waals surface area contributed by atoms with Gasteiger partial charge in [0.1, 0.15) is 0 Å². The number of aryl methyl sites for hydroxylation is 2. The molecule has 0 aliphatic carbocycles. The normalized spacial score (nSPS) is 10.4. The lowest BCUT2D eigenvalue weighted by molar-refractivity contribution is -0.136. The molecule has 0 amide bonds. The predicted molar refractivity (Wildman–Crippen MR) is 70.8 cm³/mol. The maximum atomic E-state index is 10.6. The first-order valence-electron chi connectivity index (χ1n) is 6.01. The molecule has 0 atom stereocenters. The van der Waals surface area contributed by atoms with Crippen molar-refractivity contribution >= 4 is 5.97 Å². The fraction of sp³-hybridized carbons (Fsp3) is 0.286. The van der Waals surface area contributed by atoms with Gasteiger partial charge in [-0.25, -0.2) is 4.68 Å². The molecule has 0 aliphatic rings. The van der Waals surface area contributed by atoms with E-state index in [0.717, 1.165) is 16.8 Å². The molecule has 1 N–H and O–H groups in total. The SMILES string of the molecule is COc1c(CCC(=O)O)cnn1-c1cccc(C)c1. The average molecular weight is 260 g/mol. The van der Waals surface area contributed by atoms with E-state index in [1.165, 1.54) is 0 Å². The molecule has 1 aromatic carbocycles. The number of benzene rings is 1. The van der Waals surface area contributed by atoms with Gasteiger partial charge in [-0.2, -0.15) is 5.10 Å². The summed E-state index contributed by atoms with van der Waals surface area (Å²) in [4.78, 5) is 10.6. The van der Waals surface area contributed by atoms with Crippen molar-refractivity contribution in [3.05, 3.63) is 41.6 Å². The van der Waals surface area contributed by atoms with Crippen LogP contribution in [0.2, 0.25) is 0 Å². The third kappa shape index (κ3) is 2.93. The Morgan fingerprint density at radius 2 is 2.26 bits per heavy atom. The van der Waals surface area contributed by atoms with Crippen molar-refractivity contribution in [2.24, 2.45) is 0 Å². The third-order valence-electron chi connectivity index (χ3n) is 2.84. The lowest BCUT2D eigenvalue weighted by atomic mass is 10.2. The van der Waals surface area contributed by atoms with E-state index in [-0.39, 0.29) is 6.42 Å². The molecule has 0 unspecified atom stereocenters. The molecule has 5 nitrogen and oxygen atoms in total. The van der Waals surface area contributed by atoms with Crippen LogP contribution in [0.1, 0.15) is 17.5 Å². The third-order valence-corrected chi connectivity index (χ3v) is 2.84. The fourth-order valence-electron chi connectivity index (χ4n) is 1.95. The van der Waals surface area contributed by atoms with E-state index in [1.807, 2.05) is 31.2 Å². The van der Waals surface area contributed by atoms with Crippen molar-refractivity contribution < 1.29 is 14.6 Å². The van der Waals surface area contributed by atoms with Crippen molar-refractivity contribution in [3.63, 3.8) is 0 Å². The minimum atomic E-state index is -0.828. The standard InChI is InChI=1S/C14H16N2O3/c1-10-4-3-5-12(8-10)16-14(19-2)11(9-15-16)6-7-13(17)18/h3-5,8-9H,6-7H2,1-2H3,(H,17,18). The van der Waals surface area contributed by atoms with Crippen LogP contribution >= 0.6 is 0 Å². The van der Waals surface area contributed by atoms with Crippen molar-refractivity contribution in [1.29, 1.82) is 0 Å². The van der Waals surface area contributed by atoms with Gasteiger partial charge >= 0.3 is 5.97 Å². The molecule has 1 aromatic heterocycles. The Labute approximate surface area is 111 Å². The van der Waals surface area contributed by atoms with Crippen molar-refractivity contribution in [1.82, 2.24) is 9.78 Å². The minimum absolute atomic E-state index is 0.0653. The highest BCUT2D eigenvalue weighted by atomic mass is 16.5. The lowest BCUT2D eigenvalue weighted by Gasteiger charge is -2.08. The summed E-state index contributed by atoms with van der Waals surface area (Å²) < 4.78 is 7.04. The molecule has 1 heterocycles. The fourth-order valence-corrected chi connectivity index (χ4v) is 1.95. The van der Waals surface area contributed by atoms with E-state index >= 15 is 0 Å². The number of methoxy groups -OCH3 is 1. The second-order valence-electron chi connectivity index (χ2n) is 4.32. The molecule has 100 valence electrons. The predicted octanol–water partition coefficient (Wildman–Crippen LogP) is 2.21. The van der Waals surface area contributed by atoms with Crippen LogP contribution in [0.5, 0.6) is 5.88 Å². The van der Waals surface area contributed by atoms with E-state index in [1.54, 1.807) is 18.0 Å². The van der Waals surface area contributed by atoms with E-state index in [9.17, 15) is 4.79 Å². The molecule has 0 bridgehead atoms. The molecule has 2 aromatic rings. The van der Waals surface area contributed by atoms with Gasteiger partial charge in [-0.1, -0.05) is 12.1 Å². The number of hydrogen-bond donors (Lipinski definition) is 1. The number of hydrogen-bond acceptors (Lipinski definition) is 3. The van der Waals surface area contributed by atoms with E-state index in [2.05, 4.69) is 5.10 Å². The highest BCUT2D eigenvalue weighted by Crippen LogP contribution is 2.23. The molecule has 0 radical (unpaired) electrons. The summed E-state index contributed by atoms with van der Waals surface area (Å²) in [6.07, 6.45) is 2.13. The first-order valence-corrected chi connectivity index (χ1v) is 6.01. The van der Waals surface area contributed by atoms with Crippen LogP contribution in [0.25, 0.3) is 5.69 Å². The zero-order valence-corrected chi connectivity index (χ0v) is 11.0. The van der Waals surface area contributed by atoms with Crippen LogP contribution in [0.15, 0.2) is 30.5 Å². The Kier molecular flexibility index (Phi) is 3.85. The van der Waals surface area contributed by atoms with E-state index in [4.69, 9.17) is 9.84 Å². The number of carboxylic acid groups (broad SMARTS) is 1. The number of aromatic nitrogens is 2. The highest BCUT2D eigenvalue weighted by Gasteiger charge is 2.13. The number of aliphatic carboxylic acids is 1. The highest BCUT2D eigenvalue weighted by molar-refractivity contribution is 5.67. The van der Waals surface area contributed by atoms with Gasteiger partial charge in [0, 0.05) is 12.0 Å².